The van der Waals surface area contributed by atoms with Crippen molar-refractivity contribution in [2.75, 3.05) is 6.61 Å². The van der Waals surface area contributed by atoms with E-state index < -0.39 is 26.5 Å². The van der Waals surface area contributed by atoms with Crippen LogP contribution < -0.4 is 0 Å². The van der Waals surface area contributed by atoms with E-state index in [2.05, 4.69) is 4.98 Å². The van der Waals surface area contributed by atoms with E-state index in [0.717, 1.165) is 6.42 Å². The first-order valence-electron chi connectivity index (χ1n) is 7.77. The number of ether oxygens (including phenoxy) is 1. The fourth-order valence-electron chi connectivity index (χ4n) is 2.89. The van der Waals surface area contributed by atoms with Crippen molar-refractivity contribution in [3.63, 3.8) is 0 Å². The van der Waals surface area contributed by atoms with E-state index >= 15 is 0 Å². The van der Waals surface area contributed by atoms with Gasteiger partial charge in [-0.05, 0) is 32.4 Å². The molecule has 1 aliphatic heterocycles. The molecule has 0 amide bonds. The van der Waals surface area contributed by atoms with Gasteiger partial charge in [-0.1, -0.05) is 31.5 Å². The van der Waals surface area contributed by atoms with E-state index in [-0.39, 0.29) is 10.9 Å². The van der Waals surface area contributed by atoms with E-state index in [4.69, 9.17) is 4.74 Å². The van der Waals surface area contributed by atoms with E-state index in [1.807, 2.05) is 6.92 Å². The Hall–Kier alpha value is -2.11. The van der Waals surface area contributed by atoms with Crippen LogP contribution in [0.15, 0.2) is 46.1 Å². The number of aliphatic hydroxyl groups is 1. The summed E-state index contributed by atoms with van der Waals surface area (Å²) in [7, 11) is -4.16. The van der Waals surface area contributed by atoms with Crippen LogP contribution in [0.1, 0.15) is 33.6 Å². The van der Waals surface area contributed by atoms with Gasteiger partial charge in [0.2, 0.25) is 5.39 Å². The molecule has 7 nitrogen and oxygen atoms in total. The minimum Gasteiger partial charge on any atom is -0.488 e. The minimum atomic E-state index is -4.16. The molecule has 1 aliphatic rings. The zero-order valence-electron chi connectivity index (χ0n) is 14.0. The molecule has 1 fully saturated rings. The molecule has 1 heterocycles. The lowest BCUT2D eigenvalue weighted by atomic mass is 10.1. The Morgan fingerprint density at radius 2 is 2.04 bits per heavy atom. The van der Waals surface area contributed by atoms with Crippen molar-refractivity contribution in [2.24, 2.45) is 0 Å². The van der Waals surface area contributed by atoms with Crippen molar-refractivity contribution in [3.8, 4) is 0 Å². The van der Waals surface area contributed by atoms with Gasteiger partial charge in [0.25, 0.3) is 9.84 Å². The van der Waals surface area contributed by atoms with Crippen LogP contribution in [0.25, 0.3) is 4.98 Å². The van der Waals surface area contributed by atoms with Gasteiger partial charge in [0.15, 0.2) is 4.98 Å². The molecule has 1 unspecified atom stereocenters. The van der Waals surface area contributed by atoms with Gasteiger partial charge in [-0.15, -0.1) is 0 Å². The molecule has 1 aromatic rings. The molecule has 2 rings (SSSR count). The minimum absolute atomic E-state index is 0.0608. The molecular formula is C16H22N3O4S+. The van der Waals surface area contributed by atoms with Crippen molar-refractivity contribution in [3.05, 3.63) is 46.2 Å². The van der Waals surface area contributed by atoms with Gasteiger partial charge in [-0.3, -0.25) is 0 Å². The zero-order chi connectivity index (χ0) is 18.0. The molecule has 24 heavy (non-hydrogen) atoms. The normalized spacial score (nSPS) is 21.2. The number of sulfone groups is 1. The van der Waals surface area contributed by atoms with E-state index in [9.17, 15) is 18.9 Å². The Morgan fingerprint density at radius 1 is 1.42 bits per heavy atom. The number of hydrogen-bond donors (Lipinski definition) is 1. The van der Waals surface area contributed by atoms with Crippen LogP contribution in [0.3, 0.4) is 0 Å². The molecule has 130 valence electrons. The molecule has 0 aromatic heterocycles. The highest BCUT2D eigenvalue weighted by molar-refractivity contribution is 7.95. The fourth-order valence-corrected chi connectivity index (χ4v) is 4.08. The summed E-state index contributed by atoms with van der Waals surface area (Å²) >= 11 is 0. The lowest BCUT2D eigenvalue weighted by Crippen LogP contribution is -2.43. The molecule has 1 aromatic carbocycles. The zero-order valence-corrected chi connectivity index (χ0v) is 14.8. The van der Waals surface area contributed by atoms with Gasteiger partial charge in [-0.2, -0.15) is 0 Å². The van der Waals surface area contributed by atoms with Crippen LogP contribution in [0, 0.1) is 5.39 Å². The summed E-state index contributed by atoms with van der Waals surface area (Å²) in [5, 5.41) is 19.1. The van der Waals surface area contributed by atoms with Crippen LogP contribution in [-0.2, 0) is 14.6 Å². The number of hydrogen-bond acceptors (Lipinski definition) is 6. The maximum absolute atomic E-state index is 12.7. The third kappa shape index (κ3) is 3.23. The van der Waals surface area contributed by atoms with Crippen molar-refractivity contribution in [1.82, 2.24) is 4.90 Å². The van der Waals surface area contributed by atoms with Crippen LogP contribution in [0.2, 0.25) is 0 Å². The highest BCUT2D eigenvalue weighted by Gasteiger charge is 2.48. The second-order valence-corrected chi connectivity index (χ2v) is 7.98. The average Bonchev–Trinajstić information content (AvgIpc) is 2.83. The lowest BCUT2D eigenvalue weighted by molar-refractivity contribution is -0.0559. The van der Waals surface area contributed by atoms with Crippen molar-refractivity contribution in [2.45, 2.75) is 50.3 Å². The molecule has 0 aliphatic carbocycles. The van der Waals surface area contributed by atoms with Crippen LogP contribution in [0.4, 0.5) is 0 Å². The van der Waals surface area contributed by atoms with Crippen LogP contribution >= 0.6 is 0 Å². The van der Waals surface area contributed by atoms with Crippen molar-refractivity contribution in [1.29, 1.82) is 5.39 Å². The number of nitrogens with zero attached hydrogens (tertiary/aromatic N) is 3. The van der Waals surface area contributed by atoms with Crippen LogP contribution in [-0.4, -0.2) is 36.8 Å². The third-order valence-electron chi connectivity index (χ3n) is 4.01. The number of aliphatic hydroxyl groups excluding tert-OH is 1. The summed E-state index contributed by atoms with van der Waals surface area (Å²) in [5.41, 5.74) is -0.911. The Kier molecular flexibility index (Phi) is 5.16. The van der Waals surface area contributed by atoms with Crippen molar-refractivity contribution >= 4 is 9.84 Å². The Bertz CT molecular complexity index is 766. The van der Waals surface area contributed by atoms with Gasteiger partial charge >= 0.3 is 10.9 Å². The first-order valence-corrected chi connectivity index (χ1v) is 9.25. The quantitative estimate of drug-likeness (QED) is 0.646. The maximum atomic E-state index is 12.7. The highest BCUT2D eigenvalue weighted by Crippen LogP contribution is 2.35. The molecule has 1 N–H and O–H groups in total. The van der Waals surface area contributed by atoms with E-state index in [0.29, 0.717) is 13.0 Å². The lowest BCUT2D eigenvalue weighted by Gasteiger charge is -2.33. The smallest absolute Gasteiger partial charge is 0.488 e. The number of rotatable bonds is 5. The predicted molar refractivity (Wildman–Crippen MR) is 88.9 cm³/mol. The van der Waals surface area contributed by atoms with Gasteiger partial charge < -0.3 is 14.7 Å². The molecule has 0 spiro atoms. The molecule has 0 bridgehead atoms. The first kappa shape index (κ1) is 18.2. The second kappa shape index (κ2) is 6.79. The largest absolute Gasteiger partial charge is 0.537 e. The van der Waals surface area contributed by atoms with Gasteiger partial charge in [0, 0.05) is 0 Å². The standard InChI is InChI=1S/C16H21N3O4S/c1-4-8-12-11-23-16(2,3)19(12)15(20)14(18-17)24(21,22)13-9-6-5-7-10-13/h5-7,9-10,12H,4,8,11H2,1-3H3/p+1/b15-14-. The maximum Gasteiger partial charge on any atom is 0.537 e. The van der Waals surface area contributed by atoms with Crippen LogP contribution in [0.5, 0.6) is 0 Å². The van der Waals surface area contributed by atoms with E-state index in [1.54, 1.807) is 32.0 Å². The molecule has 1 saturated heterocycles. The van der Waals surface area contributed by atoms with Gasteiger partial charge in [0.1, 0.15) is 5.72 Å². The second-order valence-electron chi connectivity index (χ2n) is 6.12. The summed E-state index contributed by atoms with van der Waals surface area (Å²) in [5.74, 6) is -0.609. The summed E-state index contributed by atoms with van der Waals surface area (Å²) in [6.07, 6.45) is 1.54. The van der Waals surface area contributed by atoms with Gasteiger partial charge in [-0.25, -0.2) is 8.42 Å². The summed E-state index contributed by atoms with van der Waals surface area (Å²) < 4.78 is 31.1. The Balaban J connectivity index is 2.56. The number of benzene rings is 1. The third-order valence-corrected chi connectivity index (χ3v) is 5.68. The molecule has 1 atom stereocenters. The molecule has 0 radical (unpaired) electrons. The summed E-state index contributed by atoms with van der Waals surface area (Å²) in [4.78, 5) is 4.29. The Morgan fingerprint density at radius 3 is 2.58 bits per heavy atom. The van der Waals surface area contributed by atoms with E-state index in [1.165, 1.54) is 17.0 Å². The average molecular weight is 352 g/mol. The fraction of sp³-hybridized carbons (Fsp3) is 0.500. The SMILES string of the molecule is CCCC1COC(C)(C)N1/C(O)=C(\[N+]#N)S(=O)(=O)c1ccccc1. The predicted octanol–water partition coefficient (Wildman–Crippen LogP) is 3.23. The Labute approximate surface area is 142 Å². The molecular weight excluding hydrogens is 330 g/mol. The monoisotopic (exact) mass is 352 g/mol. The number of diazo groups is 1. The van der Waals surface area contributed by atoms with Gasteiger partial charge in [0.05, 0.1) is 17.5 Å². The van der Waals surface area contributed by atoms with Crippen molar-refractivity contribution < 1.29 is 18.3 Å². The first-order chi connectivity index (χ1) is 11.3. The summed E-state index contributed by atoms with van der Waals surface area (Å²) in [6.45, 7) is 5.79. The summed E-state index contributed by atoms with van der Waals surface area (Å²) in [6, 6.07) is 7.34. The highest BCUT2D eigenvalue weighted by atomic mass is 32.2. The topological polar surface area (TPSA) is 95.0 Å². The molecule has 0 saturated carbocycles. The molecule has 8 heteroatoms.